The van der Waals surface area contributed by atoms with Gasteiger partial charge < -0.3 is 15.0 Å². The first-order chi connectivity index (χ1) is 11.6. The van der Waals surface area contributed by atoms with Crippen molar-refractivity contribution in [3.63, 3.8) is 0 Å². The number of anilines is 1. The van der Waals surface area contributed by atoms with Gasteiger partial charge in [0.2, 0.25) is 0 Å². The highest BCUT2D eigenvalue weighted by atomic mass is 79.9. The Balaban J connectivity index is 2.00. The number of aromatic amines is 1. The molecule has 0 aliphatic carbocycles. The molecule has 3 aromatic rings. The van der Waals surface area contributed by atoms with E-state index in [2.05, 4.69) is 20.9 Å². The molecule has 1 aliphatic heterocycles. The Morgan fingerprint density at radius 1 is 1.21 bits per heavy atom. The van der Waals surface area contributed by atoms with Crippen LogP contribution in [0.4, 0.5) is 5.69 Å². The second kappa shape index (κ2) is 5.46. The average Bonchev–Trinajstić information content (AvgIpc) is 3.10. The molecule has 0 saturated heterocycles. The van der Waals surface area contributed by atoms with Crippen molar-refractivity contribution in [3.05, 3.63) is 64.3 Å². The number of carbonyl (C=O) groups is 1. The summed E-state index contributed by atoms with van der Waals surface area (Å²) in [4.78, 5) is 18.0. The van der Waals surface area contributed by atoms with E-state index in [0.717, 1.165) is 27.5 Å². The largest absolute Gasteiger partial charge is 0.372 e. The van der Waals surface area contributed by atoms with Gasteiger partial charge in [0, 0.05) is 39.2 Å². The van der Waals surface area contributed by atoms with Gasteiger partial charge in [-0.15, -0.1) is 0 Å². The summed E-state index contributed by atoms with van der Waals surface area (Å²) in [6.45, 7) is 2.60. The third kappa shape index (κ3) is 1.98. The highest BCUT2D eigenvalue weighted by Gasteiger charge is 2.51. The molecule has 5 heteroatoms. The van der Waals surface area contributed by atoms with E-state index in [1.54, 1.807) is 11.1 Å². The molecule has 0 fully saturated rings. The maximum absolute atomic E-state index is 13.2. The fourth-order valence-electron chi connectivity index (χ4n) is 3.53. The van der Waals surface area contributed by atoms with Gasteiger partial charge in [-0.2, -0.15) is 0 Å². The van der Waals surface area contributed by atoms with Crippen molar-refractivity contribution in [3.8, 4) is 0 Å². The van der Waals surface area contributed by atoms with Crippen molar-refractivity contribution in [1.29, 1.82) is 0 Å². The number of nitrogens with zero attached hydrogens (tertiary/aromatic N) is 1. The fourth-order valence-corrected chi connectivity index (χ4v) is 3.89. The predicted molar refractivity (Wildman–Crippen MR) is 98.1 cm³/mol. The number of benzene rings is 2. The summed E-state index contributed by atoms with van der Waals surface area (Å²) in [5, 5.41) is 12.4. The van der Waals surface area contributed by atoms with Gasteiger partial charge >= 0.3 is 0 Å². The average molecular weight is 385 g/mol. The summed E-state index contributed by atoms with van der Waals surface area (Å²) in [5.74, 6) is -0.290. The molecule has 2 heterocycles. The Bertz CT molecular complexity index is 949. The summed E-state index contributed by atoms with van der Waals surface area (Å²) in [7, 11) is 0. The molecule has 1 atom stereocenters. The van der Waals surface area contributed by atoms with E-state index in [1.165, 1.54) is 0 Å². The summed E-state index contributed by atoms with van der Waals surface area (Å²) < 4.78 is 0.839. The summed E-state index contributed by atoms with van der Waals surface area (Å²) >= 11 is 3.46. The summed E-state index contributed by atoms with van der Waals surface area (Å²) in [6.07, 6.45) is 2.56. The Morgan fingerprint density at radius 2 is 2.00 bits per heavy atom. The van der Waals surface area contributed by atoms with E-state index in [0.29, 0.717) is 17.7 Å². The van der Waals surface area contributed by atoms with Crippen LogP contribution < -0.4 is 4.90 Å². The zero-order chi connectivity index (χ0) is 16.9. The van der Waals surface area contributed by atoms with Gasteiger partial charge in [-0.1, -0.05) is 41.1 Å². The number of amides is 1. The van der Waals surface area contributed by atoms with Crippen LogP contribution in [0, 0.1) is 0 Å². The number of halogens is 1. The zero-order valence-corrected chi connectivity index (χ0v) is 14.8. The second-order valence-electron chi connectivity index (χ2n) is 6.08. The molecule has 4 rings (SSSR count). The van der Waals surface area contributed by atoms with Crippen LogP contribution in [0.2, 0.25) is 0 Å². The van der Waals surface area contributed by atoms with E-state index >= 15 is 0 Å². The molecule has 24 heavy (non-hydrogen) atoms. The Hall–Kier alpha value is -2.11. The molecule has 0 unspecified atom stereocenters. The number of para-hydroxylation sites is 1. The quantitative estimate of drug-likeness (QED) is 0.718. The van der Waals surface area contributed by atoms with Crippen molar-refractivity contribution >= 4 is 38.4 Å². The molecule has 1 aliphatic rings. The van der Waals surface area contributed by atoms with Crippen LogP contribution in [-0.2, 0) is 10.4 Å². The molecule has 0 radical (unpaired) electrons. The number of aliphatic hydroxyl groups is 1. The molecular weight excluding hydrogens is 368 g/mol. The van der Waals surface area contributed by atoms with E-state index in [4.69, 9.17) is 0 Å². The van der Waals surface area contributed by atoms with Crippen LogP contribution in [0.1, 0.15) is 24.5 Å². The molecule has 0 spiro atoms. The first-order valence-corrected chi connectivity index (χ1v) is 8.77. The second-order valence-corrected chi connectivity index (χ2v) is 6.99. The standard InChI is InChI=1S/C19H17BrN2O2/c1-2-9-22-17-8-7-12(20)10-14(17)19(24,18(22)23)15-11-21-16-6-4-3-5-13(15)16/h3-8,10-11,21,24H,2,9H2,1H3/t19-/m0/s1. The van der Waals surface area contributed by atoms with Crippen LogP contribution in [-0.4, -0.2) is 22.5 Å². The number of nitrogens with one attached hydrogen (secondary N) is 1. The Kier molecular flexibility index (Phi) is 3.51. The first-order valence-electron chi connectivity index (χ1n) is 7.98. The van der Waals surface area contributed by atoms with Crippen LogP contribution in [0.15, 0.2) is 53.1 Å². The van der Waals surface area contributed by atoms with Crippen LogP contribution in [0.3, 0.4) is 0 Å². The molecule has 0 bridgehead atoms. The Morgan fingerprint density at radius 3 is 2.79 bits per heavy atom. The van der Waals surface area contributed by atoms with Crippen LogP contribution in [0.25, 0.3) is 10.9 Å². The minimum atomic E-state index is -1.67. The van der Waals surface area contributed by atoms with E-state index in [-0.39, 0.29) is 5.91 Å². The van der Waals surface area contributed by atoms with Gasteiger partial charge in [0.25, 0.3) is 5.91 Å². The summed E-state index contributed by atoms with van der Waals surface area (Å²) in [5.41, 5.74) is 1.23. The molecule has 1 aromatic heterocycles. The number of rotatable bonds is 3. The van der Waals surface area contributed by atoms with Crippen LogP contribution >= 0.6 is 15.9 Å². The molecule has 2 aromatic carbocycles. The van der Waals surface area contributed by atoms with E-state index in [9.17, 15) is 9.90 Å². The normalized spacial score (nSPS) is 20.0. The van der Waals surface area contributed by atoms with E-state index in [1.807, 2.05) is 49.4 Å². The van der Waals surface area contributed by atoms with Crippen molar-refractivity contribution < 1.29 is 9.90 Å². The smallest absolute Gasteiger partial charge is 0.268 e. The maximum atomic E-state index is 13.2. The van der Waals surface area contributed by atoms with E-state index < -0.39 is 5.60 Å². The van der Waals surface area contributed by atoms with Crippen LogP contribution in [0.5, 0.6) is 0 Å². The predicted octanol–water partition coefficient (Wildman–Crippen LogP) is 3.92. The van der Waals surface area contributed by atoms with Gasteiger partial charge in [0.1, 0.15) is 0 Å². The molecule has 0 saturated carbocycles. The zero-order valence-electron chi connectivity index (χ0n) is 13.2. The lowest BCUT2D eigenvalue weighted by Gasteiger charge is -2.23. The highest BCUT2D eigenvalue weighted by Crippen LogP contribution is 2.47. The van der Waals surface area contributed by atoms with Crippen molar-refractivity contribution in [2.24, 2.45) is 0 Å². The first kappa shape index (κ1) is 15.4. The molecular formula is C19H17BrN2O2. The Labute approximate surface area is 148 Å². The van der Waals surface area contributed by atoms with Crippen molar-refractivity contribution in [1.82, 2.24) is 4.98 Å². The summed E-state index contributed by atoms with van der Waals surface area (Å²) in [6, 6.07) is 13.3. The molecule has 1 amide bonds. The number of H-pyrrole nitrogens is 1. The van der Waals surface area contributed by atoms with Gasteiger partial charge in [-0.05, 0) is 30.7 Å². The fraction of sp³-hybridized carbons (Fsp3) is 0.211. The molecule has 122 valence electrons. The lowest BCUT2D eigenvalue weighted by atomic mass is 9.87. The SMILES string of the molecule is CCCN1C(=O)[C@@](O)(c2c[nH]c3ccccc23)c2cc(Br)ccc21. The number of hydrogen-bond acceptors (Lipinski definition) is 2. The highest BCUT2D eigenvalue weighted by molar-refractivity contribution is 9.10. The van der Waals surface area contributed by atoms with Gasteiger partial charge in [0.15, 0.2) is 5.60 Å². The number of carbonyl (C=O) groups excluding carboxylic acids is 1. The van der Waals surface area contributed by atoms with Crippen molar-refractivity contribution in [2.45, 2.75) is 18.9 Å². The molecule has 4 nitrogen and oxygen atoms in total. The monoisotopic (exact) mass is 384 g/mol. The molecule has 2 N–H and O–H groups in total. The maximum Gasteiger partial charge on any atom is 0.268 e. The van der Waals surface area contributed by atoms with Gasteiger partial charge in [-0.3, -0.25) is 4.79 Å². The third-order valence-corrected chi connectivity index (χ3v) is 5.11. The minimum absolute atomic E-state index is 0.290. The van der Waals surface area contributed by atoms with Gasteiger partial charge in [0.05, 0.1) is 5.69 Å². The lowest BCUT2D eigenvalue weighted by Crippen LogP contribution is -2.41. The topological polar surface area (TPSA) is 56.3 Å². The lowest BCUT2D eigenvalue weighted by molar-refractivity contribution is -0.132. The number of hydrogen-bond donors (Lipinski definition) is 2. The minimum Gasteiger partial charge on any atom is -0.372 e. The van der Waals surface area contributed by atoms with Gasteiger partial charge in [-0.25, -0.2) is 0 Å². The number of aromatic nitrogens is 1. The number of fused-ring (bicyclic) bond motifs is 2. The third-order valence-electron chi connectivity index (χ3n) is 4.62. The van der Waals surface area contributed by atoms with Crippen molar-refractivity contribution in [2.75, 3.05) is 11.4 Å².